The highest BCUT2D eigenvalue weighted by atomic mass is 19.3. The molecule has 1 aromatic carbocycles. The van der Waals surface area contributed by atoms with E-state index in [0.29, 0.717) is 5.56 Å². The molecule has 2 heterocycles. The number of piperidine rings is 1. The maximum absolute atomic E-state index is 14.2. The van der Waals surface area contributed by atoms with E-state index in [1.165, 1.54) is 11.1 Å². The van der Waals surface area contributed by atoms with Gasteiger partial charge in [-0.15, -0.1) is 0 Å². The molecule has 1 aromatic heterocycles. The molecule has 1 atom stereocenters. The van der Waals surface area contributed by atoms with Crippen LogP contribution in [0, 0.1) is 5.92 Å². The maximum Gasteiger partial charge on any atom is 0.256 e. The molecule has 4 nitrogen and oxygen atoms in total. The lowest BCUT2D eigenvalue weighted by molar-refractivity contribution is -0.124. The lowest BCUT2D eigenvalue weighted by Crippen LogP contribution is -2.50. The Balaban J connectivity index is 1.60. The summed E-state index contributed by atoms with van der Waals surface area (Å²) >= 11 is 0. The van der Waals surface area contributed by atoms with Crippen molar-refractivity contribution in [2.45, 2.75) is 19.0 Å². The number of benzene rings is 1. The quantitative estimate of drug-likeness (QED) is 0.833. The highest BCUT2D eigenvalue weighted by Crippen LogP contribution is 2.34. The molecule has 0 aliphatic carbocycles. The molecule has 2 aromatic rings. The number of amides is 1. The second-order valence-electron chi connectivity index (χ2n) is 6.20. The van der Waals surface area contributed by atoms with Crippen molar-refractivity contribution in [1.82, 2.24) is 9.88 Å². The minimum atomic E-state index is -2.83. The number of hydrogen-bond donors (Lipinski definition) is 0. The zero-order chi connectivity index (χ0) is 17.7. The highest BCUT2D eigenvalue weighted by Gasteiger charge is 2.45. The van der Waals surface area contributed by atoms with Crippen LogP contribution in [-0.4, -0.2) is 41.4 Å². The molecule has 25 heavy (non-hydrogen) atoms. The molecule has 1 saturated heterocycles. The van der Waals surface area contributed by atoms with Gasteiger partial charge in [0.2, 0.25) is 0 Å². The lowest BCUT2D eigenvalue weighted by atomic mass is 9.93. The van der Waals surface area contributed by atoms with E-state index < -0.39 is 11.8 Å². The first-order chi connectivity index (χ1) is 12.1. The molecule has 3 rings (SSSR count). The topological polar surface area (TPSA) is 42.4 Å². The van der Waals surface area contributed by atoms with E-state index in [9.17, 15) is 13.6 Å². The molecule has 1 aliphatic rings. The predicted molar refractivity (Wildman–Crippen MR) is 89.3 cm³/mol. The highest BCUT2D eigenvalue weighted by molar-refractivity contribution is 5.93. The van der Waals surface area contributed by atoms with E-state index in [-0.39, 0.29) is 38.6 Å². The number of carbonyl (C=O) groups excluding carboxylic acids is 1. The average Bonchev–Trinajstić information content (AvgIpc) is 2.64. The first kappa shape index (κ1) is 17.5. The Morgan fingerprint density at radius 2 is 2.04 bits per heavy atom. The fourth-order valence-electron chi connectivity index (χ4n) is 2.90. The van der Waals surface area contributed by atoms with Gasteiger partial charge in [-0.2, -0.15) is 0 Å². The van der Waals surface area contributed by atoms with Gasteiger partial charge in [0.15, 0.2) is 0 Å². The zero-order valence-corrected chi connectivity index (χ0v) is 13.8. The molecule has 0 radical (unpaired) electrons. The van der Waals surface area contributed by atoms with Gasteiger partial charge in [-0.3, -0.25) is 9.78 Å². The van der Waals surface area contributed by atoms with Crippen LogP contribution >= 0.6 is 0 Å². The van der Waals surface area contributed by atoms with Crippen molar-refractivity contribution in [3.63, 3.8) is 0 Å². The number of likely N-dealkylation sites (tertiary alicyclic amines) is 1. The molecule has 1 fully saturated rings. The molecular weight excluding hydrogens is 326 g/mol. The van der Waals surface area contributed by atoms with Gasteiger partial charge in [-0.05, 0) is 17.7 Å². The molecule has 0 unspecified atom stereocenters. The van der Waals surface area contributed by atoms with Gasteiger partial charge in [0.1, 0.15) is 0 Å². The fraction of sp³-hybridized carbons (Fsp3) is 0.368. The van der Waals surface area contributed by atoms with E-state index in [0.717, 1.165) is 5.56 Å². The number of rotatable bonds is 5. The van der Waals surface area contributed by atoms with Crippen LogP contribution < -0.4 is 0 Å². The molecule has 0 spiro atoms. The molecule has 132 valence electrons. The van der Waals surface area contributed by atoms with E-state index in [1.807, 2.05) is 30.3 Å². The minimum absolute atomic E-state index is 0.0183. The summed E-state index contributed by atoms with van der Waals surface area (Å²) in [6.07, 6.45) is 2.68. The van der Waals surface area contributed by atoms with Crippen LogP contribution in [-0.2, 0) is 11.3 Å². The van der Waals surface area contributed by atoms with Crippen molar-refractivity contribution in [2.24, 2.45) is 5.92 Å². The van der Waals surface area contributed by atoms with Crippen molar-refractivity contribution in [1.29, 1.82) is 0 Å². The van der Waals surface area contributed by atoms with Crippen LogP contribution in [0.3, 0.4) is 0 Å². The summed E-state index contributed by atoms with van der Waals surface area (Å²) in [5, 5.41) is 0. The molecule has 0 bridgehead atoms. The smallest absolute Gasteiger partial charge is 0.256 e. The van der Waals surface area contributed by atoms with Crippen LogP contribution in [0.2, 0.25) is 0 Å². The molecule has 0 saturated carbocycles. The van der Waals surface area contributed by atoms with Gasteiger partial charge in [-0.25, -0.2) is 8.78 Å². The summed E-state index contributed by atoms with van der Waals surface area (Å²) in [6, 6.07) is 12.7. The summed E-state index contributed by atoms with van der Waals surface area (Å²) in [5.74, 6) is -4.11. The largest absolute Gasteiger partial charge is 0.376 e. The summed E-state index contributed by atoms with van der Waals surface area (Å²) in [5.41, 5.74) is 1.35. The van der Waals surface area contributed by atoms with Crippen LogP contribution in [0.15, 0.2) is 54.9 Å². The molecule has 6 heteroatoms. The van der Waals surface area contributed by atoms with Crippen LogP contribution in [0.4, 0.5) is 8.78 Å². The van der Waals surface area contributed by atoms with Gasteiger partial charge in [0.25, 0.3) is 11.8 Å². The predicted octanol–water partition coefficient (Wildman–Crippen LogP) is 3.40. The summed E-state index contributed by atoms with van der Waals surface area (Å²) < 4.78 is 33.9. The third-order valence-corrected chi connectivity index (χ3v) is 4.38. The SMILES string of the molecule is O=C(c1cccnc1)N1CCC(F)(F)[C@@H](COCc2ccccc2)C1. The van der Waals surface area contributed by atoms with E-state index in [4.69, 9.17) is 4.74 Å². The summed E-state index contributed by atoms with van der Waals surface area (Å²) in [4.78, 5) is 17.8. The number of aromatic nitrogens is 1. The van der Waals surface area contributed by atoms with Gasteiger partial charge >= 0.3 is 0 Å². The van der Waals surface area contributed by atoms with Gasteiger partial charge in [0.05, 0.1) is 24.7 Å². The third-order valence-electron chi connectivity index (χ3n) is 4.38. The normalized spacial score (nSPS) is 19.6. The van der Waals surface area contributed by atoms with Crippen molar-refractivity contribution < 1.29 is 18.3 Å². The van der Waals surface area contributed by atoms with Crippen molar-refractivity contribution >= 4 is 5.91 Å². The Morgan fingerprint density at radius 3 is 2.76 bits per heavy atom. The number of nitrogens with zero attached hydrogens (tertiary/aromatic N) is 2. The first-order valence-corrected chi connectivity index (χ1v) is 8.25. The second kappa shape index (κ2) is 7.70. The summed E-state index contributed by atoms with van der Waals surface area (Å²) in [7, 11) is 0. The number of hydrogen-bond acceptors (Lipinski definition) is 3. The molecule has 0 N–H and O–H groups in total. The maximum atomic E-state index is 14.2. The van der Waals surface area contributed by atoms with E-state index in [2.05, 4.69) is 4.98 Å². The molecule has 1 amide bonds. The average molecular weight is 346 g/mol. The Bertz CT molecular complexity index is 695. The van der Waals surface area contributed by atoms with Gasteiger partial charge in [-0.1, -0.05) is 30.3 Å². The standard InChI is InChI=1S/C19H20F2N2O2/c20-19(21)8-10-23(18(24)16-7-4-9-22-11-16)12-17(19)14-25-13-15-5-2-1-3-6-15/h1-7,9,11,17H,8,10,12-14H2/t17-/m1/s1. The van der Waals surface area contributed by atoms with E-state index in [1.54, 1.807) is 18.3 Å². The van der Waals surface area contributed by atoms with Crippen LogP contribution in [0.1, 0.15) is 22.3 Å². The van der Waals surface area contributed by atoms with Crippen LogP contribution in [0.5, 0.6) is 0 Å². The number of halogens is 2. The summed E-state index contributed by atoms with van der Waals surface area (Å²) in [6.45, 7) is 0.216. The number of ether oxygens (including phenoxy) is 1. The van der Waals surface area contributed by atoms with Gasteiger partial charge in [0, 0.05) is 31.9 Å². The monoisotopic (exact) mass is 346 g/mol. The van der Waals surface area contributed by atoms with Gasteiger partial charge < -0.3 is 9.64 Å². The van der Waals surface area contributed by atoms with E-state index >= 15 is 0 Å². The third kappa shape index (κ3) is 4.39. The number of pyridine rings is 1. The Hall–Kier alpha value is -2.34. The van der Waals surface area contributed by atoms with Crippen molar-refractivity contribution in [2.75, 3.05) is 19.7 Å². The van der Waals surface area contributed by atoms with Crippen molar-refractivity contribution in [3.05, 3.63) is 66.0 Å². The number of carbonyl (C=O) groups is 1. The van der Waals surface area contributed by atoms with Crippen molar-refractivity contribution in [3.8, 4) is 0 Å². The fourth-order valence-corrected chi connectivity index (χ4v) is 2.90. The molecule has 1 aliphatic heterocycles. The Morgan fingerprint density at radius 1 is 1.24 bits per heavy atom. The Labute approximate surface area is 145 Å². The number of alkyl halides is 2. The zero-order valence-electron chi connectivity index (χ0n) is 13.8. The minimum Gasteiger partial charge on any atom is -0.376 e. The molecular formula is C19H20F2N2O2. The van der Waals surface area contributed by atoms with Crippen LogP contribution in [0.25, 0.3) is 0 Å². The Kier molecular flexibility index (Phi) is 5.38. The second-order valence-corrected chi connectivity index (χ2v) is 6.20. The lowest BCUT2D eigenvalue weighted by Gasteiger charge is -2.38. The first-order valence-electron chi connectivity index (χ1n) is 8.25.